The topological polar surface area (TPSA) is 75.9 Å². The Labute approximate surface area is 126 Å². The number of benzene rings is 1. The van der Waals surface area contributed by atoms with Crippen LogP contribution in [-0.4, -0.2) is 39.0 Å². The van der Waals surface area contributed by atoms with Crippen molar-refractivity contribution < 1.29 is 0 Å². The molecule has 1 aliphatic rings. The summed E-state index contributed by atoms with van der Waals surface area (Å²) in [6.45, 7) is 0.919. The number of nitrogens with zero attached hydrogens (tertiary/aromatic N) is 2. The zero-order valence-electron chi connectivity index (χ0n) is 11.0. The summed E-state index contributed by atoms with van der Waals surface area (Å²) >= 11 is 4.05. The van der Waals surface area contributed by atoms with Gasteiger partial charge in [-0.25, -0.2) is 10.8 Å². The van der Waals surface area contributed by atoms with Gasteiger partial charge < -0.3 is 5.32 Å². The molecular formula is C13H17N5S2. The number of aromatic nitrogens is 2. The largest absolute Gasteiger partial charge is 0.368 e. The highest BCUT2D eigenvalue weighted by molar-refractivity contribution is 8.06. The highest BCUT2D eigenvalue weighted by Gasteiger charge is 2.15. The Morgan fingerprint density at radius 3 is 2.95 bits per heavy atom. The molecular weight excluding hydrogens is 290 g/mol. The molecule has 5 nitrogen and oxygen atoms in total. The van der Waals surface area contributed by atoms with Gasteiger partial charge in [0.1, 0.15) is 5.82 Å². The van der Waals surface area contributed by atoms with E-state index in [2.05, 4.69) is 20.7 Å². The molecule has 4 N–H and O–H groups in total. The van der Waals surface area contributed by atoms with Crippen molar-refractivity contribution in [1.29, 1.82) is 0 Å². The molecule has 0 bridgehead atoms. The summed E-state index contributed by atoms with van der Waals surface area (Å²) in [5, 5.41) is 5.11. The molecule has 1 aromatic carbocycles. The van der Waals surface area contributed by atoms with E-state index in [4.69, 9.17) is 5.84 Å². The molecule has 0 aliphatic carbocycles. The van der Waals surface area contributed by atoms with Gasteiger partial charge in [-0.2, -0.15) is 28.5 Å². The first-order chi connectivity index (χ1) is 9.86. The molecule has 0 amide bonds. The first-order valence-electron chi connectivity index (χ1n) is 6.53. The maximum Gasteiger partial charge on any atom is 0.239 e. The second kappa shape index (κ2) is 6.51. The van der Waals surface area contributed by atoms with E-state index in [1.807, 2.05) is 47.8 Å². The monoisotopic (exact) mass is 307 g/mol. The Morgan fingerprint density at radius 1 is 1.25 bits per heavy atom. The number of para-hydroxylation sites is 1. The number of fused-ring (bicyclic) bond motifs is 1. The molecule has 1 aromatic heterocycles. The molecule has 7 heteroatoms. The van der Waals surface area contributed by atoms with Gasteiger partial charge in [-0.05, 0) is 12.1 Å². The van der Waals surface area contributed by atoms with E-state index >= 15 is 0 Å². The van der Waals surface area contributed by atoms with Gasteiger partial charge in [0, 0.05) is 34.4 Å². The third-order valence-corrected chi connectivity index (χ3v) is 5.96. The Kier molecular flexibility index (Phi) is 4.49. The zero-order chi connectivity index (χ0) is 13.8. The Morgan fingerprint density at radius 2 is 2.15 bits per heavy atom. The van der Waals surface area contributed by atoms with Gasteiger partial charge in [-0.3, -0.25) is 5.43 Å². The number of hydrogen-bond donors (Lipinski definition) is 3. The van der Waals surface area contributed by atoms with Crippen LogP contribution in [0, 0.1) is 0 Å². The van der Waals surface area contributed by atoms with E-state index in [0.717, 1.165) is 23.3 Å². The van der Waals surface area contributed by atoms with Crippen LogP contribution in [0.2, 0.25) is 0 Å². The summed E-state index contributed by atoms with van der Waals surface area (Å²) in [5.41, 5.74) is 3.42. The number of nitrogen functional groups attached to an aromatic ring is 1. The molecule has 2 heterocycles. The first kappa shape index (κ1) is 13.8. The van der Waals surface area contributed by atoms with Crippen molar-refractivity contribution in [3.63, 3.8) is 0 Å². The minimum atomic E-state index is 0.442. The van der Waals surface area contributed by atoms with E-state index in [1.165, 1.54) is 17.3 Å². The smallest absolute Gasteiger partial charge is 0.239 e. The summed E-state index contributed by atoms with van der Waals surface area (Å²) in [6, 6.07) is 7.96. The number of anilines is 2. The van der Waals surface area contributed by atoms with Crippen LogP contribution in [0.4, 0.5) is 11.8 Å². The third-order valence-electron chi connectivity index (χ3n) is 3.11. The van der Waals surface area contributed by atoms with Crippen LogP contribution in [0.1, 0.15) is 0 Å². The molecule has 20 heavy (non-hydrogen) atoms. The SMILES string of the molecule is NNc1nc(NCC2CSCCS2)c2ccccc2n1. The quantitative estimate of drug-likeness (QED) is 0.590. The number of hydrogen-bond acceptors (Lipinski definition) is 7. The predicted octanol–water partition coefficient (Wildman–Crippen LogP) is 2.18. The number of nitrogens with one attached hydrogen (secondary N) is 2. The standard InChI is InChI=1S/C13H17N5S2/c14-18-13-16-11-4-2-1-3-10(11)12(17-13)15-7-9-8-19-5-6-20-9/h1-4,9H,5-8,14H2,(H2,15,16,17,18). The molecule has 0 radical (unpaired) electrons. The van der Waals surface area contributed by atoms with Crippen molar-refractivity contribution in [2.75, 3.05) is 34.5 Å². The normalized spacial score (nSPS) is 18.9. The number of rotatable bonds is 4. The Bertz CT molecular complexity index is 586. The van der Waals surface area contributed by atoms with Crippen molar-refractivity contribution >= 4 is 46.2 Å². The van der Waals surface area contributed by atoms with E-state index in [-0.39, 0.29) is 0 Å². The van der Waals surface area contributed by atoms with Gasteiger partial charge in [0.05, 0.1) is 5.52 Å². The Hall–Kier alpha value is -1.18. The van der Waals surface area contributed by atoms with Crippen LogP contribution in [0.5, 0.6) is 0 Å². The van der Waals surface area contributed by atoms with Gasteiger partial charge >= 0.3 is 0 Å². The zero-order valence-corrected chi connectivity index (χ0v) is 12.6. The summed E-state index contributed by atoms with van der Waals surface area (Å²) < 4.78 is 0. The fourth-order valence-electron chi connectivity index (χ4n) is 2.14. The highest BCUT2D eigenvalue weighted by atomic mass is 32.2. The lowest BCUT2D eigenvalue weighted by Crippen LogP contribution is -2.24. The summed E-state index contributed by atoms with van der Waals surface area (Å²) in [5.74, 6) is 10.4. The van der Waals surface area contributed by atoms with E-state index < -0.39 is 0 Å². The molecule has 1 fully saturated rings. The molecule has 1 saturated heterocycles. The van der Waals surface area contributed by atoms with Crippen molar-refractivity contribution in [3.05, 3.63) is 24.3 Å². The van der Waals surface area contributed by atoms with E-state index in [1.54, 1.807) is 0 Å². The van der Waals surface area contributed by atoms with Gasteiger partial charge in [0.25, 0.3) is 0 Å². The second-order valence-corrected chi connectivity index (χ2v) is 7.06. The van der Waals surface area contributed by atoms with Gasteiger partial charge in [0.15, 0.2) is 0 Å². The average Bonchev–Trinajstić information content (AvgIpc) is 2.53. The lowest BCUT2D eigenvalue weighted by Gasteiger charge is -2.21. The van der Waals surface area contributed by atoms with E-state index in [0.29, 0.717) is 11.2 Å². The van der Waals surface area contributed by atoms with Gasteiger partial charge in [-0.1, -0.05) is 12.1 Å². The van der Waals surface area contributed by atoms with Crippen molar-refractivity contribution in [2.45, 2.75) is 5.25 Å². The van der Waals surface area contributed by atoms with Crippen molar-refractivity contribution in [1.82, 2.24) is 9.97 Å². The fraction of sp³-hybridized carbons (Fsp3) is 0.385. The fourth-order valence-corrected chi connectivity index (χ4v) is 4.75. The van der Waals surface area contributed by atoms with Crippen LogP contribution in [0.25, 0.3) is 10.9 Å². The molecule has 106 valence electrons. The summed E-state index contributed by atoms with van der Waals surface area (Å²) in [7, 11) is 0. The minimum absolute atomic E-state index is 0.442. The highest BCUT2D eigenvalue weighted by Crippen LogP contribution is 2.26. The lowest BCUT2D eigenvalue weighted by molar-refractivity contribution is 0.992. The number of hydrazine groups is 1. The first-order valence-corrected chi connectivity index (χ1v) is 8.74. The molecule has 0 spiro atoms. The molecule has 1 aliphatic heterocycles. The number of thioether (sulfide) groups is 2. The maximum atomic E-state index is 5.44. The summed E-state index contributed by atoms with van der Waals surface area (Å²) in [4.78, 5) is 8.78. The van der Waals surface area contributed by atoms with Crippen molar-refractivity contribution in [2.24, 2.45) is 5.84 Å². The van der Waals surface area contributed by atoms with Crippen LogP contribution < -0.4 is 16.6 Å². The number of nitrogens with two attached hydrogens (primary N) is 1. The molecule has 1 atom stereocenters. The van der Waals surface area contributed by atoms with Gasteiger partial charge in [0.2, 0.25) is 5.95 Å². The van der Waals surface area contributed by atoms with Crippen LogP contribution in [0.3, 0.4) is 0 Å². The minimum Gasteiger partial charge on any atom is -0.368 e. The second-order valence-electron chi connectivity index (χ2n) is 4.51. The van der Waals surface area contributed by atoms with Crippen LogP contribution in [-0.2, 0) is 0 Å². The predicted molar refractivity (Wildman–Crippen MR) is 89.4 cm³/mol. The van der Waals surface area contributed by atoms with Gasteiger partial charge in [-0.15, -0.1) is 0 Å². The molecule has 0 saturated carbocycles. The lowest BCUT2D eigenvalue weighted by atomic mass is 10.2. The average molecular weight is 307 g/mol. The summed E-state index contributed by atoms with van der Waals surface area (Å²) in [6.07, 6.45) is 0. The maximum absolute atomic E-state index is 5.44. The molecule has 3 rings (SSSR count). The molecule has 2 aromatic rings. The Balaban J connectivity index is 1.81. The van der Waals surface area contributed by atoms with Crippen molar-refractivity contribution in [3.8, 4) is 0 Å². The van der Waals surface area contributed by atoms with E-state index in [9.17, 15) is 0 Å². The van der Waals surface area contributed by atoms with Crippen LogP contribution in [0.15, 0.2) is 24.3 Å². The molecule has 1 unspecified atom stereocenters. The van der Waals surface area contributed by atoms with Crippen LogP contribution >= 0.6 is 23.5 Å². The third kappa shape index (κ3) is 3.11.